The van der Waals surface area contributed by atoms with Crippen LogP contribution in [0.4, 0.5) is 28.4 Å². The van der Waals surface area contributed by atoms with Gasteiger partial charge in [-0.15, -0.1) is 0 Å². The number of aliphatic hydroxyl groups excluding tert-OH is 2. The largest absolute Gasteiger partial charge is 0.478 e. The number of nitrogens with zero attached hydrogens (tertiary/aromatic N) is 5. The highest BCUT2D eigenvalue weighted by molar-refractivity contribution is 5.87. The predicted octanol–water partition coefficient (Wildman–Crippen LogP) is 5.01. The third-order valence-electron chi connectivity index (χ3n) is 4.48. The van der Waals surface area contributed by atoms with Gasteiger partial charge in [0.25, 0.3) is 0 Å². The van der Waals surface area contributed by atoms with Crippen molar-refractivity contribution in [2.75, 3.05) is 31.2 Å². The molecule has 32 heavy (non-hydrogen) atoms. The summed E-state index contributed by atoms with van der Waals surface area (Å²) in [5.74, 6) is -0.987. The zero-order chi connectivity index (χ0) is 22.8. The Bertz CT molecular complexity index is 1060. The summed E-state index contributed by atoms with van der Waals surface area (Å²) < 4.78 is 0. The van der Waals surface area contributed by atoms with Crippen LogP contribution in [0.5, 0.6) is 0 Å². The van der Waals surface area contributed by atoms with Gasteiger partial charge in [0.05, 0.1) is 41.5 Å². The molecule has 0 bridgehead atoms. The van der Waals surface area contributed by atoms with Crippen LogP contribution in [-0.2, 0) is 0 Å². The van der Waals surface area contributed by atoms with Gasteiger partial charge in [-0.05, 0) is 72.8 Å². The number of benzene rings is 3. The summed E-state index contributed by atoms with van der Waals surface area (Å²) in [6, 6.07) is 20.6. The molecule has 0 atom stereocenters. The molecule has 9 nitrogen and oxygen atoms in total. The van der Waals surface area contributed by atoms with E-state index in [1.807, 2.05) is 29.2 Å². The number of aliphatic hydroxyl groups is 2. The molecule has 0 aliphatic rings. The second kappa shape index (κ2) is 11.4. The van der Waals surface area contributed by atoms with Crippen LogP contribution in [-0.4, -0.2) is 47.6 Å². The zero-order valence-corrected chi connectivity index (χ0v) is 17.2. The van der Waals surface area contributed by atoms with Gasteiger partial charge in [0, 0.05) is 18.8 Å². The van der Waals surface area contributed by atoms with E-state index in [2.05, 4.69) is 20.5 Å². The van der Waals surface area contributed by atoms with Crippen LogP contribution in [0.1, 0.15) is 10.4 Å². The number of rotatable bonds is 10. The van der Waals surface area contributed by atoms with Crippen molar-refractivity contribution in [1.82, 2.24) is 0 Å². The molecular formula is C23H23N5O4. The topological polar surface area (TPSA) is 130 Å². The second-order valence-corrected chi connectivity index (χ2v) is 6.72. The van der Waals surface area contributed by atoms with Gasteiger partial charge in [-0.25, -0.2) is 4.79 Å². The van der Waals surface area contributed by atoms with E-state index in [9.17, 15) is 4.79 Å². The number of hydrogen-bond donors (Lipinski definition) is 3. The fraction of sp³-hybridized carbons (Fsp3) is 0.174. The third-order valence-corrected chi connectivity index (χ3v) is 4.48. The highest BCUT2D eigenvalue weighted by Crippen LogP contribution is 2.25. The molecule has 0 fully saturated rings. The number of aromatic carboxylic acids is 1. The quantitative estimate of drug-likeness (QED) is 0.387. The van der Waals surface area contributed by atoms with Crippen LogP contribution in [0, 0.1) is 0 Å². The minimum absolute atomic E-state index is 0.00796. The van der Waals surface area contributed by atoms with Crippen LogP contribution in [0.25, 0.3) is 0 Å². The van der Waals surface area contributed by atoms with Crippen molar-refractivity contribution >= 4 is 34.4 Å². The van der Waals surface area contributed by atoms with Gasteiger partial charge in [0.2, 0.25) is 0 Å². The van der Waals surface area contributed by atoms with Crippen LogP contribution >= 0.6 is 0 Å². The first-order chi connectivity index (χ1) is 15.6. The van der Waals surface area contributed by atoms with E-state index in [4.69, 9.17) is 15.3 Å². The number of carboxylic acid groups (broad SMARTS) is 1. The first-order valence-electron chi connectivity index (χ1n) is 9.92. The standard InChI is InChI=1S/C23H23N5O4/c29-15-13-28(14-16-30)22-11-9-21(10-12-22)27-26-20-7-5-19(6-8-20)25-24-18-3-1-17(2-4-18)23(31)32/h1-12,29-30H,13-16H2,(H,31,32). The smallest absolute Gasteiger partial charge is 0.335 e. The summed E-state index contributed by atoms with van der Waals surface area (Å²) in [5, 5.41) is 43.8. The van der Waals surface area contributed by atoms with Gasteiger partial charge in [-0.3, -0.25) is 0 Å². The molecule has 3 rings (SSSR count). The number of azo groups is 2. The molecular weight excluding hydrogens is 410 g/mol. The predicted molar refractivity (Wildman–Crippen MR) is 121 cm³/mol. The number of carboxylic acids is 1. The van der Waals surface area contributed by atoms with E-state index in [0.29, 0.717) is 35.8 Å². The molecule has 0 aliphatic heterocycles. The molecule has 0 spiro atoms. The van der Waals surface area contributed by atoms with E-state index in [-0.39, 0.29) is 18.8 Å². The third kappa shape index (κ3) is 6.53. The Hall–Kier alpha value is -3.95. The summed E-state index contributed by atoms with van der Waals surface area (Å²) in [7, 11) is 0. The lowest BCUT2D eigenvalue weighted by Crippen LogP contribution is -2.29. The van der Waals surface area contributed by atoms with E-state index < -0.39 is 5.97 Å². The zero-order valence-electron chi connectivity index (χ0n) is 17.2. The maximum Gasteiger partial charge on any atom is 0.335 e. The Morgan fingerprint density at radius 3 is 1.31 bits per heavy atom. The van der Waals surface area contributed by atoms with E-state index in [0.717, 1.165) is 5.69 Å². The fourth-order valence-electron chi connectivity index (χ4n) is 2.83. The molecule has 3 aromatic rings. The average molecular weight is 433 g/mol. The fourth-order valence-corrected chi connectivity index (χ4v) is 2.83. The molecule has 0 unspecified atom stereocenters. The summed E-state index contributed by atoms with van der Waals surface area (Å²) in [6.07, 6.45) is 0. The lowest BCUT2D eigenvalue weighted by atomic mass is 10.2. The molecule has 0 aliphatic carbocycles. The summed E-state index contributed by atoms with van der Waals surface area (Å²) in [4.78, 5) is 12.8. The van der Waals surface area contributed by atoms with Gasteiger partial charge in [0.1, 0.15) is 0 Å². The lowest BCUT2D eigenvalue weighted by Gasteiger charge is -2.22. The number of hydrogen-bond acceptors (Lipinski definition) is 8. The first-order valence-corrected chi connectivity index (χ1v) is 9.92. The SMILES string of the molecule is O=C(O)c1ccc(N=Nc2ccc(N=Nc3ccc(N(CCO)CCO)cc3)cc2)cc1. The van der Waals surface area contributed by atoms with E-state index in [1.54, 1.807) is 36.4 Å². The Morgan fingerprint density at radius 1 is 0.625 bits per heavy atom. The van der Waals surface area contributed by atoms with Gasteiger partial charge in [-0.1, -0.05) is 0 Å². The van der Waals surface area contributed by atoms with Crippen molar-refractivity contribution in [3.05, 3.63) is 78.4 Å². The Labute approximate surface area is 185 Å². The normalized spacial score (nSPS) is 11.3. The Balaban J connectivity index is 1.60. The van der Waals surface area contributed by atoms with Gasteiger partial charge in [0.15, 0.2) is 0 Å². The minimum atomic E-state index is -0.987. The monoisotopic (exact) mass is 433 g/mol. The van der Waals surface area contributed by atoms with Crippen molar-refractivity contribution in [1.29, 1.82) is 0 Å². The molecule has 3 aromatic carbocycles. The molecule has 0 aromatic heterocycles. The van der Waals surface area contributed by atoms with Crippen LogP contribution in [0.3, 0.4) is 0 Å². The first kappa shape index (κ1) is 22.7. The van der Waals surface area contributed by atoms with Gasteiger partial charge >= 0.3 is 5.97 Å². The Kier molecular flexibility index (Phi) is 8.13. The van der Waals surface area contributed by atoms with Gasteiger partial charge in [-0.2, -0.15) is 20.5 Å². The number of carbonyl (C=O) groups is 1. The lowest BCUT2D eigenvalue weighted by molar-refractivity contribution is 0.0697. The molecule has 0 saturated heterocycles. The van der Waals surface area contributed by atoms with Crippen molar-refractivity contribution in [2.45, 2.75) is 0 Å². The van der Waals surface area contributed by atoms with E-state index >= 15 is 0 Å². The van der Waals surface area contributed by atoms with Crippen molar-refractivity contribution in [3.63, 3.8) is 0 Å². The van der Waals surface area contributed by atoms with Crippen LogP contribution < -0.4 is 4.90 Å². The van der Waals surface area contributed by atoms with Gasteiger partial charge < -0.3 is 20.2 Å². The maximum absolute atomic E-state index is 10.9. The van der Waals surface area contributed by atoms with Crippen LogP contribution in [0.2, 0.25) is 0 Å². The summed E-state index contributed by atoms with van der Waals surface area (Å²) in [6.45, 7) is 0.902. The van der Waals surface area contributed by atoms with Crippen molar-refractivity contribution < 1.29 is 20.1 Å². The summed E-state index contributed by atoms with van der Waals surface area (Å²) in [5.41, 5.74) is 3.60. The van der Waals surface area contributed by atoms with Crippen molar-refractivity contribution in [2.24, 2.45) is 20.5 Å². The number of anilines is 1. The minimum Gasteiger partial charge on any atom is -0.478 e. The molecule has 0 radical (unpaired) electrons. The highest BCUT2D eigenvalue weighted by atomic mass is 16.4. The molecule has 0 heterocycles. The second-order valence-electron chi connectivity index (χ2n) is 6.72. The maximum atomic E-state index is 10.9. The summed E-state index contributed by atoms with van der Waals surface area (Å²) >= 11 is 0. The average Bonchev–Trinajstić information content (AvgIpc) is 2.82. The van der Waals surface area contributed by atoms with Crippen LogP contribution in [0.15, 0.2) is 93.3 Å². The van der Waals surface area contributed by atoms with Crippen molar-refractivity contribution in [3.8, 4) is 0 Å². The molecule has 0 amide bonds. The molecule has 3 N–H and O–H groups in total. The highest BCUT2D eigenvalue weighted by Gasteiger charge is 2.05. The molecule has 164 valence electrons. The Morgan fingerprint density at radius 2 is 0.969 bits per heavy atom. The molecule has 9 heteroatoms. The van der Waals surface area contributed by atoms with E-state index in [1.165, 1.54) is 12.1 Å². The molecule has 0 saturated carbocycles.